The molecular formula is C23H30N2O3. The van der Waals surface area contributed by atoms with Crippen molar-refractivity contribution in [1.82, 2.24) is 0 Å². The van der Waals surface area contributed by atoms with Crippen molar-refractivity contribution < 1.29 is 14.3 Å². The Balaban J connectivity index is 1.88. The van der Waals surface area contributed by atoms with Crippen LogP contribution in [0.2, 0.25) is 0 Å². The first kappa shape index (κ1) is 21.5. The fraction of sp³-hybridized carbons (Fsp3) is 0.391. The lowest BCUT2D eigenvalue weighted by Crippen LogP contribution is -2.13. The molecule has 0 aliphatic rings. The third-order valence-electron chi connectivity index (χ3n) is 4.59. The molecule has 0 unspecified atom stereocenters. The van der Waals surface area contributed by atoms with Gasteiger partial charge in [0.2, 0.25) is 0 Å². The lowest BCUT2D eigenvalue weighted by Gasteiger charge is -2.17. The Labute approximate surface area is 167 Å². The highest BCUT2D eigenvalue weighted by Crippen LogP contribution is 2.30. The fourth-order valence-electron chi connectivity index (χ4n) is 3.04. The number of carbonyl (C=O) groups excluding carboxylic acids is 1. The van der Waals surface area contributed by atoms with Gasteiger partial charge in [-0.1, -0.05) is 26.0 Å². The van der Waals surface area contributed by atoms with Crippen molar-refractivity contribution in [2.24, 2.45) is 5.73 Å². The molecule has 3 N–H and O–H groups in total. The van der Waals surface area contributed by atoms with Gasteiger partial charge in [0.25, 0.3) is 0 Å². The van der Waals surface area contributed by atoms with Crippen LogP contribution in [0.15, 0.2) is 36.4 Å². The van der Waals surface area contributed by atoms with Crippen molar-refractivity contribution in [3.63, 3.8) is 0 Å². The highest BCUT2D eigenvalue weighted by atomic mass is 16.5. The van der Waals surface area contributed by atoms with Gasteiger partial charge < -0.3 is 15.2 Å². The Bertz CT molecular complexity index is 844. The maximum Gasteiger partial charge on any atom is 0.160 e. The van der Waals surface area contributed by atoms with E-state index >= 15 is 0 Å². The van der Waals surface area contributed by atoms with Crippen LogP contribution in [0.25, 0.3) is 0 Å². The second kappa shape index (κ2) is 9.93. The second-order valence-corrected chi connectivity index (χ2v) is 7.23. The van der Waals surface area contributed by atoms with Gasteiger partial charge in [0.05, 0.1) is 18.8 Å². The number of Topliss-reactive ketones (excluding diaryl/α,β-unsaturated/α-hetero) is 1. The molecule has 0 saturated heterocycles. The molecule has 2 aromatic rings. The molecule has 0 atom stereocenters. The highest BCUT2D eigenvalue weighted by Gasteiger charge is 2.14. The van der Waals surface area contributed by atoms with E-state index in [1.807, 2.05) is 37.3 Å². The first-order valence-corrected chi connectivity index (χ1v) is 9.65. The van der Waals surface area contributed by atoms with E-state index in [1.54, 1.807) is 13.0 Å². The molecule has 150 valence electrons. The average molecular weight is 383 g/mol. The summed E-state index contributed by atoms with van der Waals surface area (Å²) >= 11 is 0. The van der Waals surface area contributed by atoms with Crippen molar-refractivity contribution in [2.45, 2.75) is 46.5 Å². The summed E-state index contributed by atoms with van der Waals surface area (Å²) in [5, 5.41) is 7.59. The third kappa shape index (κ3) is 5.59. The summed E-state index contributed by atoms with van der Waals surface area (Å²) in [5.74, 6) is 1.84. The highest BCUT2D eigenvalue weighted by molar-refractivity contribution is 5.97. The minimum atomic E-state index is 0.00419. The summed E-state index contributed by atoms with van der Waals surface area (Å²) in [4.78, 5) is 11.8. The molecule has 0 aliphatic carbocycles. The maximum atomic E-state index is 11.8. The molecule has 2 aromatic carbocycles. The van der Waals surface area contributed by atoms with Crippen LogP contribution in [0.5, 0.6) is 11.5 Å². The molecule has 2 rings (SSSR count). The van der Waals surface area contributed by atoms with Crippen LogP contribution in [0.3, 0.4) is 0 Å². The van der Waals surface area contributed by atoms with Crippen molar-refractivity contribution in [2.75, 3.05) is 13.2 Å². The zero-order chi connectivity index (χ0) is 20.7. The zero-order valence-corrected chi connectivity index (χ0v) is 17.2. The lowest BCUT2D eigenvalue weighted by atomic mass is 9.95. The van der Waals surface area contributed by atoms with Crippen LogP contribution in [0, 0.1) is 12.3 Å². The monoisotopic (exact) mass is 382 g/mol. The maximum absolute atomic E-state index is 11.8. The molecule has 0 saturated carbocycles. The summed E-state index contributed by atoms with van der Waals surface area (Å²) in [5.41, 5.74) is 8.94. The average Bonchev–Trinajstić information content (AvgIpc) is 2.64. The SMILES string of the molecule is CC(=O)c1cc(C(C)C)c(OCCCCOc2ccccc2C(=N)N)cc1C. The van der Waals surface area contributed by atoms with E-state index in [4.69, 9.17) is 20.6 Å². The molecule has 0 radical (unpaired) electrons. The molecule has 0 bridgehead atoms. The van der Waals surface area contributed by atoms with Crippen molar-refractivity contribution >= 4 is 11.6 Å². The predicted octanol–water partition coefficient (Wildman–Crippen LogP) is 4.84. The summed E-state index contributed by atoms with van der Waals surface area (Å²) in [7, 11) is 0. The number of rotatable bonds is 10. The quantitative estimate of drug-likeness (QED) is 0.266. The van der Waals surface area contributed by atoms with E-state index in [2.05, 4.69) is 13.8 Å². The van der Waals surface area contributed by atoms with Gasteiger partial charge in [-0.3, -0.25) is 10.2 Å². The summed E-state index contributed by atoms with van der Waals surface area (Å²) in [6.45, 7) is 8.85. The summed E-state index contributed by atoms with van der Waals surface area (Å²) in [6, 6.07) is 11.2. The molecular weight excluding hydrogens is 352 g/mol. The molecule has 5 heteroatoms. The normalized spacial score (nSPS) is 10.8. The number of amidine groups is 1. The van der Waals surface area contributed by atoms with Crippen LogP contribution in [0.4, 0.5) is 0 Å². The number of ether oxygens (including phenoxy) is 2. The number of para-hydroxylation sites is 1. The van der Waals surface area contributed by atoms with E-state index in [1.165, 1.54) is 0 Å². The Morgan fingerprint density at radius 1 is 1.04 bits per heavy atom. The predicted molar refractivity (Wildman–Crippen MR) is 113 cm³/mol. The van der Waals surface area contributed by atoms with E-state index in [0.717, 1.165) is 35.3 Å². The zero-order valence-electron chi connectivity index (χ0n) is 17.2. The third-order valence-corrected chi connectivity index (χ3v) is 4.59. The Kier molecular flexibility index (Phi) is 7.61. The van der Waals surface area contributed by atoms with E-state index in [-0.39, 0.29) is 17.5 Å². The Morgan fingerprint density at radius 3 is 2.21 bits per heavy atom. The standard InChI is InChI=1S/C23H30N2O3/c1-15(2)19-14-20(17(4)26)16(3)13-22(19)28-12-8-7-11-27-21-10-6-5-9-18(21)23(24)25/h5-6,9-10,13-15H,7-8,11-12H2,1-4H3,(H3,24,25). The van der Waals surface area contributed by atoms with Gasteiger partial charge in [-0.2, -0.15) is 0 Å². The number of unbranched alkanes of at least 4 members (excludes halogenated alkanes) is 1. The van der Waals surface area contributed by atoms with Crippen LogP contribution >= 0.6 is 0 Å². The molecule has 0 aromatic heterocycles. The first-order valence-electron chi connectivity index (χ1n) is 9.65. The van der Waals surface area contributed by atoms with Gasteiger partial charge in [-0.25, -0.2) is 0 Å². The first-order chi connectivity index (χ1) is 13.3. The van der Waals surface area contributed by atoms with Crippen LogP contribution in [-0.4, -0.2) is 24.8 Å². The largest absolute Gasteiger partial charge is 0.493 e. The minimum absolute atomic E-state index is 0.00419. The molecule has 0 fully saturated rings. The van der Waals surface area contributed by atoms with E-state index in [9.17, 15) is 4.79 Å². The van der Waals surface area contributed by atoms with Gasteiger partial charge in [0.1, 0.15) is 17.3 Å². The molecule has 0 heterocycles. The van der Waals surface area contributed by atoms with Gasteiger partial charge in [-0.05, 0) is 68.0 Å². The summed E-state index contributed by atoms with van der Waals surface area (Å²) in [6.07, 6.45) is 1.67. The van der Waals surface area contributed by atoms with Crippen LogP contribution in [-0.2, 0) is 0 Å². The number of nitrogen functional groups attached to an aromatic ring is 1. The van der Waals surface area contributed by atoms with E-state index < -0.39 is 0 Å². The molecule has 0 aliphatic heterocycles. The van der Waals surface area contributed by atoms with Gasteiger partial charge in [0, 0.05) is 5.56 Å². The number of carbonyl (C=O) groups is 1. The topological polar surface area (TPSA) is 85.4 Å². The van der Waals surface area contributed by atoms with Gasteiger partial charge >= 0.3 is 0 Å². The number of hydrogen-bond acceptors (Lipinski definition) is 4. The molecule has 5 nitrogen and oxygen atoms in total. The number of ketones is 1. The smallest absolute Gasteiger partial charge is 0.160 e. The van der Waals surface area contributed by atoms with Crippen LogP contribution < -0.4 is 15.2 Å². The lowest BCUT2D eigenvalue weighted by molar-refractivity contribution is 0.101. The molecule has 0 spiro atoms. The number of nitrogens with two attached hydrogens (primary N) is 1. The number of aryl methyl sites for hydroxylation is 1. The van der Waals surface area contributed by atoms with Crippen molar-refractivity contribution in [3.8, 4) is 11.5 Å². The summed E-state index contributed by atoms with van der Waals surface area (Å²) < 4.78 is 11.8. The Hall–Kier alpha value is -2.82. The van der Waals surface area contributed by atoms with Crippen molar-refractivity contribution in [1.29, 1.82) is 5.41 Å². The van der Waals surface area contributed by atoms with Crippen LogP contribution in [0.1, 0.15) is 66.6 Å². The minimum Gasteiger partial charge on any atom is -0.493 e. The number of benzene rings is 2. The molecule has 0 amide bonds. The number of nitrogens with one attached hydrogen (secondary N) is 1. The Morgan fingerprint density at radius 2 is 1.64 bits per heavy atom. The second-order valence-electron chi connectivity index (χ2n) is 7.23. The molecule has 28 heavy (non-hydrogen) atoms. The van der Waals surface area contributed by atoms with Gasteiger partial charge in [0.15, 0.2) is 5.78 Å². The van der Waals surface area contributed by atoms with E-state index in [0.29, 0.717) is 24.5 Å². The number of hydrogen-bond donors (Lipinski definition) is 2. The van der Waals surface area contributed by atoms with Gasteiger partial charge in [-0.15, -0.1) is 0 Å². The van der Waals surface area contributed by atoms with Crippen molar-refractivity contribution in [3.05, 3.63) is 58.7 Å². The fourth-order valence-corrected chi connectivity index (χ4v) is 3.04.